The highest BCUT2D eigenvalue weighted by molar-refractivity contribution is 6.46. The first kappa shape index (κ1) is 19.9. The fraction of sp³-hybridized carbons (Fsp3) is 0.231. The smallest absolute Gasteiger partial charge is 0.295 e. The van der Waals surface area contributed by atoms with Crippen molar-refractivity contribution in [1.29, 1.82) is 0 Å². The number of aliphatic hydroxyl groups excluding tert-OH is 1. The van der Waals surface area contributed by atoms with Gasteiger partial charge >= 0.3 is 0 Å². The summed E-state index contributed by atoms with van der Waals surface area (Å²) >= 11 is 0. The zero-order valence-electron chi connectivity index (χ0n) is 17.3. The molecule has 3 aromatic carbocycles. The van der Waals surface area contributed by atoms with Crippen LogP contribution in [0.15, 0.2) is 72.3 Å². The lowest BCUT2D eigenvalue weighted by Gasteiger charge is -2.25. The Bertz CT molecular complexity index is 1160. The van der Waals surface area contributed by atoms with Crippen molar-refractivity contribution in [3.8, 4) is 0 Å². The number of carbonyl (C=O) groups is 2. The zero-order valence-corrected chi connectivity index (χ0v) is 17.3. The quantitative estimate of drug-likeness (QED) is 0.356. The summed E-state index contributed by atoms with van der Waals surface area (Å²) in [7, 11) is 0. The third-order valence-electron chi connectivity index (χ3n) is 5.70. The third-order valence-corrected chi connectivity index (χ3v) is 5.70. The van der Waals surface area contributed by atoms with Crippen molar-refractivity contribution in [1.82, 2.24) is 4.90 Å². The summed E-state index contributed by atoms with van der Waals surface area (Å²) in [6.07, 6.45) is 1.70. The average Bonchev–Trinajstić information content (AvgIpc) is 3.01. The van der Waals surface area contributed by atoms with Gasteiger partial charge in [0.1, 0.15) is 5.76 Å². The molecule has 0 bridgehead atoms. The minimum atomic E-state index is -0.622. The Morgan fingerprint density at radius 3 is 2.50 bits per heavy atom. The van der Waals surface area contributed by atoms with Crippen LogP contribution in [0.5, 0.6) is 0 Å². The van der Waals surface area contributed by atoms with Crippen molar-refractivity contribution in [2.24, 2.45) is 0 Å². The molecular weight excluding hydrogens is 374 g/mol. The normalized spacial score (nSPS) is 18.3. The molecular formula is C26H25NO3. The van der Waals surface area contributed by atoms with Crippen LogP contribution in [-0.2, 0) is 9.59 Å². The number of aryl methyl sites for hydroxylation is 1. The number of carbonyl (C=O) groups excluding carboxylic acids is 2. The number of hydrogen-bond donors (Lipinski definition) is 1. The number of nitrogens with zero attached hydrogens (tertiary/aromatic N) is 1. The van der Waals surface area contributed by atoms with Gasteiger partial charge in [0.15, 0.2) is 0 Å². The predicted molar refractivity (Wildman–Crippen MR) is 119 cm³/mol. The molecule has 1 aliphatic heterocycles. The van der Waals surface area contributed by atoms with E-state index >= 15 is 0 Å². The Morgan fingerprint density at radius 2 is 1.73 bits per heavy atom. The Kier molecular flexibility index (Phi) is 5.40. The molecule has 0 saturated carbocycles. The van der Waals surface area contributed by atoms with Gasteiger partial charge in [0, 0.05) is 12.1 Å². The second-order valence-electron chi connectivity index (χ2n) is 7.79. The maximum atomic E-state index is 13.1. The van der Waals surface area contributed by atoms with E-state index in [4.69, 9.17) is 0 Å². The topological polar surface area (TPSA) is 57.6 Å². The number of rotatable bonds is 5. The van der Waals surface area contributed by atoms with Crippen LogP contribution in [-0.4, -0.2) is 28.2 Å². The van der Waals surface area contributed by atoms with E-state index in [0.29, 0.717) is 12.1 Å². The summed E-state index contributed by atoms with van der Waals surface area (Å²) in [6, 6.07) is 20.5. The number of unbranched alkanes of at least 4 members (excludes halogenated alkanes) is 1. The van der Waals surface area contributed by atoms with Crippen LogP contribution in [0.1, 0.15) is 42.5 Å². The maximum Gasteiger partial charge on any atom is 0.295 e. The number of likely N-dealkylation sites (tertiary alicyclic amines) is 1. The molecule has 1 heterocycles. The molecule has 0 aliphatic carbocycles. The van der Waals surface area contributed by atoms with Gasteiger partial charge in [-0.05, 0) is 29.7 Å². The largest absolute Gasteiger partial charge is 0.507 e. The van der Waals surface area contributed by atoms with Crippen LogP contribution in [0.25, 0.3) is 16.5 Å². The molecule has 3 aromatic rings. The van der Waals surface area contributed by atoms with Crippen LogP contribution < -0.4 is 0 Å². The molecule has 4 rings (SSSR count). The summed E-state index contributed by atoms with van der Waals surface area (Å²) in [5.74, 6) is -1.28. The van der Waals surface area contributed by atoms with Crippen LogP contribution in [0.3, 0.4) is 0 Å². The maximum absolute atomic E-state index is 13.1. The fourth-order valence-electron chi connectivity index (χ4n) is 4.20. The molecule has 0 radical (unpaired) electrons. The van der Waals surface area contributed by atoms with E-state index in [1.165, 1.54) is 0 Å². The molecule has 0 spiro atoms. The molecule has 4 heteroatoms. The number of benzene rings is 3. The molecule has 1 amide bonds. The van der Waals surface area contributed by atoms with E-state index in [0.717, 1.165) is 34.7 Å². The Hall–Kier alpha value is -3.40. The van der Waals surface area contributed by atoms with Crippen molar-refractivity contribution in [2.45, 2.75) is 32.7 Å². The van der Waals surface area contributed by atoms with E-state index in [1.807, 2.05) is 74.5 Å². The van der Waals surface area contributed by atoms with Crippen molar-refractivity contribution < 1.29 is 14.7 Å². The van der Waals surface area contributed by atoms with Gasteiger partial charge in [0.2, 0.25) is 0 Å². The highest BCUT2D eigenvalue weighted by atomic mass is 16.3. The number of fused-ring (bicyclic) bond motifs is 1. The van der Waals surface area contributed by atoms with E-state index in [1.54, 1.807) is 11.0 Å². The Balaban J connectivity index is 1.94. The molecule has 1 atom stereocenters. The lowest BCUT2D eigenvalue weighted by molar-refractivity contribution is -0.139. The molecule has 4 nitrogen and oxygen atoms in total. The highest BCUT2D eigenvalue weighted by Crippen LogP contribution is 2.40. The molecule has 1 N–H and O–H groups in total. The number of ketones is 1. The van der Waals surface area contributed by atoms with Crippen LogP contribution in [0, 0.1) is 6.92 Å². The number of Topliss-reactive ketones (excluding diaryl/α,β-unsaturated/α-hetero) is 1. The third kappa shape index (κ3) is 3.39. The van der Waals surface area contributed by atoms with Crippen LogP contribution in [0.2, 0.25) is 0 Å². The first-order valence-corrected chi connectivity index (χ1v) is 10.4. The summed E-state index contributed by atoms with van der Waals surface area (Å²) in [5.41, 5.74) is 2.61. The van der Waals surface area contributed by atoms with E-state index in [2.05, 4.69) is 0 Å². The number of aliphatic hydroxyl groups is 1. The van der Waals surface area contributed by atoms with Gasteiger partial charge in [0.25, 0.3) is 11.7 Å². The Morgan fingerprint density at radius 1 is 1.00 bits per heavy atom. The van der Waals surface area contributed by atoms with Gasteiger partial charge in [-0.2, -0.15) is 0 Å². The highest BCUT2D eigenvalue weighted by Gasteiger charge is 2.45. The van der Waals surface area contributed by atoms with E-state index in [-0.39, 0.29) is 11.3 Å². The van der Waals surface area contributed by atoms with Gasteiger partial charge in [-0.3, -0.25) is 9.59 Å². The summed E-state index contributed by atoms with van der Waals surface area (Å²) < 4.78 is 0. The SMILES string of the molecule is CCCCN1C(=O)C(=O)/C(=C(\O)c2cccc3ccccc23)C1c1cccc(C)c1. The van der Waals surface area contributed by atoms with Gasteiger partial charge in [0.05, 0.1) is 11.6 Å². The second-order valence-corrected chi connectivity index (χ2v) is 7.79. The average molecular weight is 399 g/mol. The summed E-state index contributed by atoms with van der Waals surface area (Å²) in [6.45, 7) is 4.51. The lowest BCUT2D eigenvalue weighted by Crippen LogP contribution is -2.30. The number of amides is 1. The van der Waals surface area contributed by atoms with Crippen LogP contribution in [0.4, 0.5) is 0 Å². The first-order valence-electron chi connectivity index (χ1n) is 10.4. The fourth-order valence-corrected chi connectivity index (χ4v) is 4.20. The first-order chi connectivity index (χ1) is 14.5. The molecule has 1 fully saturated rings. The van der Waals surface area contributed by atoms with Gasteiger partial charge in [-0.1, -0.05) is 85.6 Å². The van der Waals surface area contributed by atoms with Gasteiger partial charge in [-0.25, -0.2) is 0 Å². The molecule has 152 valence electrons. The Labute approximate surface area is 176 Å². The molecule has 0 aromatic heterocycles. The summed E-state index contributed by atoms with van der Waals surface area (Å²) in [4.78, 5) is 27.6. The van der Waals surface area contributed by atoms with Crippen molar-refractivity contribution in [2.75, 3.05) is 6.54 Å². The number of hydrogen-bond acceptors (Lipinski definition) is 3. The minimum Gasteiger partial charge on any atom is -0.507 e. The van der Waals surface area contributed by atoms with Crippen molar-refractivity contribution >= 4 is 28.2 Å². The van der Waals surface area contributed by atoms with Gasteiger partial charge < -0.3 is 10.0 Å². The van der Waals surface area contributed by atoms with Crippen molar-refractivity contribution in [3.05, 3.63) is 89.0 Å². The van der Waals surface area contributed by atoms with E-state index < -0.39 is 17.7 Å². The summed E-state index contributed by atoms with van der Waals surface area (Å²) in [5, 5.41) is 13.1. The second kappa shape index (κ2) is 8.15. The molecule has 1 saturated heterocycles. The van der Waals surface area contributed by atoms with Crippen LogP contribution >= 0.6 is 0 Å². The lowest BCUT2D eigenvalue weighted by atomic mass is 9.92. The van der Waals surface area contributed by atoms with Gasteiger partial charge in [-0.15, -0.1) is 0 Å². The molecule has 1 unspecified atom stereocenters. The minimum absolute atomic E-state index is 0.115. The molecule has 1 aliphatic rings. The monoisotopic (exact) mass is 399 g/mol. The standard InChI is InChI=1S/C26H25NO3/c1-3-4-15-27-23(19-12-7-9-17(2)16-19)22(25(29)26(27)30)24(28)21-14-8-11-18-10-5-6-13-20(18)21/h5-14,16,23,28H,3-4,15H2,1-2H3/b24-22-. The predicted octanol–water partition coefficient (Wildman–Crippen LogP) is 5.37. The zero-order chi connectivity index (χ0) is 21.3. The molecule has 30 heavy (non-hydrogen) atoms. The van der Waals surface area contributed by atoms with E-state index in [9.17, 15) is 14.7 Å². The van der Waals surface area contributed by atoms with Crippen molar-refractivity contribution in [3.63, 3.8) is 0 Å².